The summed E-state index contributed by atoms with van der Waals surface area (Å²) in [4.78, 5) is 152. The highest BCUT2D eigenvalue weighted by atomic mass is 33.1. The first kappa shape index (κ1) is 88.5. The third-order valence-corrected chi connectivity index (χ3v) is 21.8. The van der Waals surface area contributed by atoms with Crippen LogP contribution in [0.4, 0.5) is 9.59 Å². The van der Waals surface area contributed by atoms with Crippen LogP contribution >= 0.6 is 33.3 Å². The van der Waals surface area contributed by atoms with Crippen molar-refractivity contribution in [1.82, 2.24) is 52.8 Å². The predicted octanol–water partition coefficient (Wildman–Crippen LogP) is 10.2. The molecule has 0 saturated carbocycles. The fourth-order valence-corrected chi connectivity index (χ4v) is 16.5. The first-order chi connectivity index (χ1) is 53.4. The number of benzene rings is 6. The smallest absolute Gasteiger partial charge is 0.408 e. The molecular weight excluding hydrogens is 1500 g/mol. The van der Waals surface area contributed by atoms with Gasteiger partial charge in [0, 0.05) is 60.2 Å². The number of hydrogen-bond donors (Lipinski definition) is 11. The molecule has 9 atom stereocenters. The van der Waals surface area contributed by atoms with Crippen LogP contribution in [0.25, 0.3) is 10.9 Å². The number of rotatable bonds is 26. The molecule has 7 aromatic rings. The van der Waals surface area contributed by atoms with E-state index in [1.54, 1.807) is 130 Å². The molecule has 0 spiro atoms. The van der Waals surface area contributed by atoms with Gasteiger partial charge in [0.25, 0.3) is 0 Å². The minimum absolute atomic E-state index is 0.0674. The van der Waals surface area contributed by atoms with Gasteiger partial charge in [-0.3, -0.25) is 38.4 Å². The van der Waals surface area contributed by atoms with Gasteiger partial charge in [0.1, 0.15) is 70.9 Å². The molecule has 1 aromatic heterocycles. The molecular formula is C85H109N11O14S3. The molecule has 113 heavy (non-hydrogen) atoms. The van der Waals surface area contributed by atoms with Crippen LogP contribution in [0.15, 0.2) is 176 Å². The minimum Gasteiger partial charge on any atom is -0.488 e. The zero-order valence-electron chi connectivity index (χ0n) is 66.5. The Morgan fingerprint density at radius 1 is 0.531 bits per heavy atom. The number of unbranched alkanes of at least 4 members (excludes halogenated alkanes) is 1. The molecule has 0 radical (unpaired) electrons. The van der Waals surface area contributed by atoms with Crippen molar-refractivity contribution in [2.24, 2.45) is 5.73 Å². The molecule has 1 aliphatic rings. The van der Waals surface area contributed by atoms with Gasteiger partial charge in [0.15, 0.2) is 0 Å². The maximum Gasteiger partial charge on any atom is 0.408 e. The lowest BCUT2D eigenvalue weighted by Crippen LogP contribution is -2.63. The van der Waals surface area contributed by atoms with Gasteiger partial charge in [-0.15, -0.1) is 11.8 Å². The first-order valence-electron chi connectivity index (χ1n) is 37.9. The topological polar surface area (TPSA) is 358 Å². The number of aromatic nitrogens is 1. The van der Waals surface area contributed by atoms with E-state index in [2.05, 4.69) is 52.8 Å². The van der Waals surface area contributed by atoms with E-state index in [1.807, 2.05) is 136 Å². The van der Waals surface area contributed by atoms with Gasteiger partial charge in [0.2, 0.25) is 47.3 Å². The van der Waals surface area contributed by atoms with Crippen LogP contribution in [-0.2, 0) is 76.6 Å². The third kappa shape index (κ3) is 27.9. The fraction of sp³-hybridized carbons (Fsp3) is 0.435. The van der Waals surface area contributed by atoms with E-state index in [0.29, 0.717) is 33.3 Å². The predicted molar refractivity (Wildman–Crippen MR) is 444 cm³/mol. The summed E-state index contributed by atoms with van der Waals surface area (Å²) in [5.74, 6) is -7.21. The number of H-pyrrole nitrogens is 1. The number of carbonyl (C=O) groups is 10. The molecule has 25 nitrogen and oxygen atoms in total. The molecule has 2 heterocycles. The number of fused-ring (bicyclic) bond motifs is 1. The summed E-state index contributed by atoms with van der Waals surface area (Å²) >= 11 is 1.36. The fourth-order valence-electron chi connectivity index (χ4n) is 12.6. The number of alkyl carbamates (subject to hydrolysis) is 2. The molecule has 10 amide bonds. The second kappa shape index (κ2) is 40.6. The van der Waals surface area contributed by atoms with Crippen LogP contribution in [0.2, 0.25) is 0 Å². The molecule has 0 bridgehead atoms. The number of nitrogens with one attached hydrogen (secondary N) is 10. The van der Waals surface area contributed by atoms with Crippen LogP contribution in [0, 0.1) is 0 Å². The van der Waals surface area contributed by atoms with Crippen molar-refractivity contribution in [2.45, 2.75) is 210 Å². The molecule has 1 saturated heterocycles. The second-order valence-electron chi connectivity index (χ2n) is 31.8. The van der Waals surface area contributed by atoms with Gasteiger partial charge < -0.3 is 77.5 Å². The number of aromatic amines is 1. The average Bonchev–Trinajstić information content (AvgIpc) is 1.06. The van der Waals surface area contributed by atoms with Crippen LogP contribution in [0.5, 0.6) is 5.75 Å². The standard InChI is InChI=1S/C85H109N11O14S3/c1-53(107-81(2,3)4)70-78(104)94-69(77(103)92-67(71(86)97)50-111-85(57-32-20-15-21-33-57,58-34-22-16-23-35-58)59-36-24-17-25-37-59)52-113-112-51-68(93-74(100)65(46-54-30-18-14-19-31-54)95-80(106)110-84(11,12)13)76(102)90-64(47-55-41-43-60(44-42-55)108-82(5,6)7)73(99)91-66(48-56-49-88-62-39-27-26-38-61(56)62)75(101)89-63(72(98)96-70)40-28-29-45-87-79(105)109-83(8,9)10/h14-27,30-39,41-44,49,53,63-70,88H,28-29,40,45-48,50-52H2,1-13H3,(H2,86,97)(H,87,105)(H,89,101)(H,90,102)(H,91,99)(H,92,103)(H,93,100)(H,94,104)(H,95,106)(H,96,98)/t53-,63+,64+,65-,66-,67+,68+,69+,70+/m1/s1. The molecule has 1 aliphatic heterocycles. The molecule has 0 unspecified atom stereocenters. The highest BCUT2D eigenvalue weighted by molar-refractivity contribution is 8.76. The Morgan fingerprint density at radius 3 is 1.62 bits per heavy atom. The Kier molecular flexibility index (Phi) is 31.8. The maximum absolute atomic E-state index is 15.7. The zero-order chi connectivity index (χ0) is 82.3. The SMILES string of the molecule is C[C@@H](OC(C)(C)C)[C@@H]1NC(=O)[C@H](CCCCNC(=O)OC(C)(C)C)NC(=O)[C@@H](Cc2c[nH]c3ccccc23)NC(=O)[C@H](Cc2ccc(OC(C)(C)C)cc2)NC(=O)[C@@H](NC(=O)[C@@H](Cc2ccccc2)NC(=O)OC(C)(C)C)CSSC[C@@H](C(=O)N[C@@H](CSC(c2ccccc2)(c2ccccc2)c2ccccc2)C(N)=O)NC1=O. The second-order valence-corrected chi connectivity index (χ2v) is 35.6. The quantitative estimate of drug-likeness (QED) is 0.0136. The number of carbonyl (C=O) groups excluding carboxylic acids is 10. The molecule has 8 rings (SSSR count). The van der Waals surface area contributed by atoms with Gasteiger partial charge in [-0.1, -0.05) is 173 Å². The third-order valence-electron chi connectivity index (χ3n) is 17.7. The van der Waals surface area contributed by atoms with E-state index in [-0.39, 0.29) is 62.3 Å². The van der Waals surface area contributed by atoms with Gasteiger partial charge >= 0.3 is 12.2 Å². The molecule has 28 heteroatoms. The number of para-hydroxylation sites is 1. The minimum atomic E-state index is -1.63. The highest BCUT2D eigenvalue weighted by Gasteiger charge is 2.42. The Hall–Kier alpha value is -10.0. The Morgan fingerprint density at radius 2 is 1.05 bits per heavy atom. The largest absolute Gasteiger partial charge is 0.488 e. The molecule has 606 valence electrons. The van der Waals surface area contributed by atoms with Crippen LogP contribution in [-0.4, -0.2) is 165 Å². The summed E-state index contributed by atoms with van der Waals surface area (Å²) < 4.78 is 22.7. The zero-order valence-corrected chi connectivity index (χ0v) is 69.0. The van der Waals surface area contributed by atoms with E-state index in [9.17, 15) is 14.4 Å². The Bertz CT molecular complexity index is 4250. The number of primary amides is 1. The summed E-state index contributed by atoms with van der Waals surface area (Å²) in [5.41, 5.74) is 8.05. The summed E-state index contributed by atoms with van der Waals surface area (Å²) in [5, 5.41) is 26.3. The summed E-state index contributed by atoms with van der Waals surface area (Å²) in [7, 11) is 2.00. The van der Waals surface area contributed by atoms with E-state index >= 15 is 33.6 Å². The lowest BCUT2D eigenvalue weighted by Gasteiger charge is -2.36. The van der Waals surface area contributed by atoms with E-state index in [0.717, 1.165) is 38.3 Å². The van der Waals surface area contributed by atoms with Crippen LogP contribution in [0.1, 0.15) is 143 Å². The number of amides is 10. The van der Waals surface area contributed by atoms with E-state index < -0.39 is 141 Å². The summed E-state index contributed by atoms with van der Waals surface area (Å²) in [6.45, 7) is 22.8. The highest BCUT2D eigenvalue weighted by Crippen LogP contribution is 2.49. The maximum atomic E-state index is 15.7. The van der Waals surface area contributed by atoms with Crippen LogP contribution < -0.4 is 58.3 Å². The van der Waals surface area contributed by atoms with Crippen molar-refractivity contribution in [2.75, 3.05) is 23.8 Å². The Labute approximate surface area is 674 Å². The van der Waals surface area contributed by atoms with Crippen molar-refractivity contribution in [3.05, 3.63) is 209 Å². The summed E-state index contributed by atoms with van der Waals surface area (Å²) in [6.07, 6.45) is -1.15. The number of thioether (sulfide) groups is 1. The van der Waals surface area contributed by atoms with E-state index in [1.165, 1.54) is 11.8 Å². The lowest BCUT2D eigenvalue weighted by atomic mass is 9.84. The van der Waals surface area contributed by atoms with Gasteiger partial charge in [0.05, 0.1) is 16.5 Å². The molecule has 1 fully saturated rings. The number of ether oxygens (including phenoxy) is 4. The number of hydrogen-bond acceptors (Lipinski definition) is 17. The van der Waals surface area contributed by atoms with Crippen molar-refractivity contribution >= 4 is 104 Å². The average molecular weight is 1610 g/mol. The normalized spacial score (nSPS) is 18.9. The van der Waals surface area contributed by atoms with Crippen molar-refractivity contribution in [3.63, 3.8) is 0 Å². The van der Waals surface area contributed by atoms with Crippen LogP contribution in [0.3, 0.4) is 0 Å². The van der Waals surface area contributed by atoms with Gasteiger partial charge in [-0.05, 0) is 161 Å². The first-order valence-corrected chi connectivity index (χ1v) is 41.4. The summed E-state index contributed by atoms with van der Waals surface area (Å²) in [6, 6.07) is 40.1. The van der Waals surface area contributed by atoms with Gasteiger partial charge in [-0.25, -0.2) is 9.59 Å². The molecule has 6 aromatic carbocycles. The van der Waals surface area contributed by atoms with Crippen molar-refractivity contribution in [3.8, 4) is 5.75 Å². The molecule has 12 N–H and O–H groups in total. The Balaban J connectivity index is 1.24. The monoisotopic (exact) mass is 1600 g/mol. The lowest BCUT2D eigenvalue weighted by molar-refractivity contribution is -0.140. The van der Waals surface area contributed by atoms with Gasteiger partial charge in [-0.2, -0.15) is 0 Å². The van der Waals surface area contributed by atoms with E-state index in [4.69, 9.17) is 24.7 Å². The van der Waals surface area contributed by atoms with Crippen molar-refractivity contribution in [1.29, 1.82) is 0 Å². The number of nitrogens with two attached hydrogens (primary N) is 1. The molecule has 0 aliphatic carbocycles. The van der Waals surface area contributed by atoms with Crippen molar-refractivity contribution < 1.29 is 66.9 Å².